The SMILES string of the molecule is CC1(C)c2ccccc2N(c2cc(N(c3ccc(-c4ccncc4)cc3)c3ccc(-c4ccncc4)cc3)cc(-n3c4ccccc4c4ccccc43)c2)c2ccccc21. The zero-order chi connectivity index (χ0) is 40.2. The molecule has 0 amide bonds. The third-order valence-corrected chi connectivity index (χ3v) is 12.2. The maximum atomic E-state index is 4.26. The third-order valence-electron chi connectivity index (χ3n) is 12.2. The molecule has 5 nitrogen and oxygen atoms in total. The van der Waals surface area contributed by atoms with E-state index in [9.17, 15) is 0 Å². The molecule has 60 heavy (non-hydrogen) atoms. The van der Waals surface area contributed by atoms with Crippen LogP contribution in [-0.2, 0) is 5.41 Å². The summed E-state index contributed by atoms with van der Waals surface area (Å²) in [6.07, 6.45) is 7.39. The number of benzene rings is 7. The lowest BCUT2D eigenvalue weighted by molar-refractivity contribution is 0.632. The summed E-state index contributed by atoms with van der Waals surface area (Å²) in [7, 11) is 0. The molecular formula is C55H41N5. The molecule has 5 heteroatoms. The monoisotopic (exact) mass is 771 g/mol. The number of hydrogen-bond donors (Lipinski definition) is 0. The molecule has 7 aromatic carbocycles. The number of rotatable bonds is 7. The second-order valence-electron chi connectivity index (χ2n) is 16.0. The second-order valence-corrected chi connectivity index (χ2v) is 16.0. The molecule has 3 aromatic heterocycles. The molecule has 0 radical (unpaired) electrons. The Morgan fingerprint density at radius 3 is 1.32 bits per heavy atom. The molecule has 1 aliphatic heterocycles. The van der Waals surface area contributed by atoms with Gasteiger partial charge >= 0.3 is 0 Å². The van der Waals surface area contributed by atoms with Crippen molar-refractivity contribution in [3.05, 3.63) is 224 Å². The van der Waals surface area contributed by atoms with Crippen LogP contribution in [0, 0.1) is 0 Å². The number of para-hydroxylation sites is 4. The number of pyridine rings is 2. The lowest BCUT2D eigenvalue weighted by atomic mass is 9.73. The first kappa shape index (κ1) is 35.4. The molecule has 10 aromatic rings. The van der Waals surface area contributed by atoms with E-state index in [0.717, 1.165) is 61.7 Å². The second kappa shape index (κ2) is 14.3. The van der Waals surface area contributed by atoms with Crippen LogP contribution in [0.1, 0.15) is 25.0 Å². The summed E-state index contributed by atoms with van der Waals surface area (Å²) in [4.78, 5) is 13.4. The standard InChI is InChI=1S/C55H41N5/c1-55(2)49-13-5-9-17-53(49)60(54-18-10-6-14-50(54)55)46-36-44(35-45(37-46)59-51-15-7-3-11-47(51)48-12-4-8-16-52(48)59)58(42-23-19-38(20-24-42)40-27-31-56-32-28-40)43-25-21-39(22-26-43)41-29-33-57-34-30-41/h3-37H,1-2H3. The van der Waals surface area contributed by atoms with Crippen molar-refractivity contribution >= 4 is 55.9 Å². The Hall–Kier alpha value is -7.76. The van der Waals surface area contributed by atoms with Crippen LogP contribution in [0.25, 0.3) is 49.7 Å². The predicted molar refractivity (Wildman–Crippen MR) is 249 cm³/mol. The number of aromatic nitrogens is 3. The first-order valence-electron chi connectivity index (χ1n) is 20.5. The molecule has 286 valence electrons. The fourth-order valence-electron chi connectivity index (χ4n) is 9.26. The minimum absolute atomic E-state index is 0.184. The molecule has 4 heterocycles. The van der Waals surface area contributed by atoms with Crippen LogP contribution in [0.4, 0.5) is 34.1 Å². The molecule has 0 saturated heterocycles. The van der Waals surface area contributed by atoms with E-state index < -0.39 is 0 Å². The van der Waals surface area contributed by atoms with Crippen molar-refractivity contribution in [2.75, 3.05) is 9.80 Å². The highest BCUT2D eigenvalue weighted by Gasteiger charge is 2.37. The fraction of sp³-hybridized carbons (Fsp3) is 0.0545. The summed E-state index contributed by atoms with van der Waals surface area (Å²) in [6, 6.07) is 68.3. The van der Waals surface area contributed by atoms with Crippen molar-refractivity contribution in [1.82, 2.24) is 14.5 Å². The average Bonchev–Trinajstić information content (AvgIpc) is 3.65. The zero-order valence-electron chi connectivity index (χ0n) is 33.4. The van der Waals surface area contributed by atoms with E-state index in [1.807, 2.05) is 24.8 Å². The predicted octanol–water partition coefficient (Wildman–Crippen LogP) is 14.5. The van der Waals surface area contributed by atoms with Gasteiger partial charge in [-0.25, -0.2) is 0 Å². The molecule has 1 aliphatic rings. The summed E-state index contributed by atoms with van der Waals surface area (Å²) >= 11 is 0. The van der Waals surface area contributed by atoms with Crippen LogP contribution < -0.4 is 9.80 Å². The summed E-state index contributed by atoms with van der Waals surface area (Å²) in [5, 5.41) is 2.46. The van der Waals surface area contributed by atoms with Crippen molar-refractivity contribution in [1.29, 1.82) is 0 Å². The van der Waals surface area contributed by atoms with Gasteiger partial charge in [0.25, 0.3) is 0 Å². The number of hydrogen-bond acceptors (Lipinski definition) is 4. The van der Waals surface area contributed by atoms with Gasteiger partial charge in [-0.05, 0) is 124 Å². The van der Waals surface area contributed by atoms with Crippen LogP contribution in [0.2, 0.25) is 0 Å². The number of nitrogens with zero attached hydrogens (tertiary/aromatic N) is 5. The lowest BCUT2D eigenvalue weighted by Gasteiger charge is -2.42. The van der Waals surface area contributed by atoms with Crippen molar-refractivity contribution in [2.24, 2.45) is 0 Å². The van der Waals surface area contributed by atoms with Gasteiger partial charge in [0.05, 0.1) is 39.5 Å². The molecule has 0 N–H and O–H groups in total. The fourth-order valence-corrected chi connectivity index (χ4v) is 9.26. The van der Waals surface area contributed by atoms with Crippen LogP contribution in [0.15, 0.2) is 213 Å². The smallest absolute Gasteiger partial charge is 0.0541 e. The van der Waals surface area contributed by atoms with Crippen LogP contribution in [-0.4, -0.2) is 14.5 Å². The molecule has 0 saturated carbocycles. The largest absolute Gasteiger partial charge is 0.310 e. The van der Waals surface area contributed by atoms with Gasteiger partial charge in [-0.1, -0.05) is 111 Å². The molecule has 11 rings (SSSR count). The van der Waals surface area contributed by atoms with Gasteiger partial charge < -0.3 is 14.4 Å². The number of fused-ring (bicyclic) bond motifs is 5. The highest BCUT2D eigenvalue weighted by molar-refractivity contribution is 6.09. The highest BCUT2D eigenvalue weighted by Crippen LogP contribution is 2.53. The zero-order valence-corrected chi connectivity index (χ0v) is 33.4. The van der Waals surface area contributed by atoms with Crippen molar-refractivity contribution in [2.45, 2.75) is 19.3 Å². The van der Waals surface area contributed by atoms with Crippen molar-refractivity contribution in [3.8, 4) is 27.9 Å². The van der Waals surface area contributed by atoms with E-state index in [4.69, 9.17) is 0 Å². The van der Waals surface area contributed by atoms with Crippen LogP contribution >= 0.6 is 0 Å². The Labute approximate surface area is 350 Å². The maximum absolute atomic E-state index is 4.26. The molecule has 0 unspecified atom stereocenters. The van der Waals surface area contributed by atoms with Gasteiger partial charge in [0.15, 0.2) is 0 Å². The highest BCUT2D eigenvalue weighted by atomic mass is 15.2. The molecule has 0 spiro atoms. The van der Waals surface area contributed by atoms with E-state index in [1.165, 1.54) is 33.3 Å². The molecule has 0 atom stereocenters. The minimum Gasteiger partial charge on any atom is -0.310 e. The Bertz CT molecular complexity index is 2980. The Morgan fingerprint density at radius 1 is 0.400 bits per heavy atom. The Kier molecular flexibility index (Phi) is 8.41. The van der Waals surface area contributed by atoms with E-state index >= 15 is 0 Å². The van der Waals surface area contributed by atoms with Gasteiger partial charge in [-0.3, -0.25) is 9.97 Å². The molecular weight excluding hydrogens is 731 g/mol. The molecule has 0 fully saturated rings. The van der Waals surface area contributed by atoms with Gasteiger partial charge in [0.2, 0.25) is 0 Å². The number of anilines is 6. The summed E-state index contributed by atoms with van der Waals surface area (Å²) in [5.41, 5.74) is 16.9. The average molecular weight is 772 g/mol. The third kappa shape index (κ3) is 5.85. The summed E-state index contributed by atoms with van der Waals surface area (Å²) in [6.45, 7) is 4.68. The van der Waals surface area contributed by atoms with Gasteiger partial charge in [0.1, 0.15) is 0 Å². The molecule has 0 aliphatic carbocycles. The quantitative estimate of drug-likeness (QED) is 0.162. The van der Waals surface area contributed by atoms with E-state index in [1.54, 1.807) is 0 Å². The lowest BCUT2D eigenvalue weighted by Crippen LogP contribution is -2.30. The molecule has 0 bridgehead atoms. The Balaban J connectivity index is 1.19. The van der Waals surface area contributed by atoms with Crippen LogP contribution in [0.3, 0.4) is 0 Å². The van der Waals surface area contributed by atoms with E-state index in [0.29, 0.717) is 0 Å². The maximum Gasteiger partial charge on any atom is 0.0541 e. The van der Waals surface area contributed by atoms with Crippen LogP contribution in [0.5, 0.6) is 0 Å². The first-order chi connectivity index (χ1) is 29.5. The summed E-state index contributed by atoms with van der Waals surface area (Å²) < 4.78 is 2.43. The van der Waals surface area contributed by atoms with Crippen molar-refractivity contribution in [3.63, 3.8) is 0 Å². The van der Waals surface area contributed by atoms with Gasteiger partial charge in [0, 0.05) is 52.3 Å². The van der Waals surface area contributed by atoms with Crippen molar-refractivity contribution < 1.29 is 0 Å². The minimum atomic E-state index is -0.184. The van der Waals surface area contributed by atoms with E-state index in [-0.39, 0.29) is 5.41 Å². The summed E-state index contributed by atoms with van der Waals surface area (Å²) in [5.74, 6) is 0. The first-order valence-corrected chi connectivity index (χ1v) is 20.5. The Morgan fingerprint density at radius 2 is 0.817 bits per heavy atom. The van der Waals surface area contributed by atoms with E-state index in [2.05, 4.69) is 226 Å². The normalized spacial score (nSPS) is 12.9. The van der Waals surface area contributed by atoms with Gasteiger partial charge in [-0.15, -0.1) is 0 Å². The topological polar surface area (TPSA) is 37.2 Å². The van der Waals surface area contributed by atoms with Gasteiger partial charge in [-0.2, -0.15) is 0 Å².